The van der Waals surface area contributed by atoms with Gasteiger partial charge in [0.25, 0.3) is 5.91 Å². The highest BCUT2D eigenvalue weighted by Crippen LogP contribution is 2.35. The number of amides is 1. The van der Waals surface area contributed by atoms with Gasteiger partial charge in [0.1, 0.15) is 18.2 Å². The normalized spacial score (nSPS) is 10.6. The van der Waals surface area contributed by atoms with Crippen molar-refractivity contribution in [3.8, 4) is 29.9 Å². The highest BCUT2D eigenvalue weighted by atomic mass is 127. The molecule has 0 aliphatic carbocycles. The number of terminal acetylenes is 1. The maximum absolute atomic E-state index is 12.5. The van der Waals surface area contributed by atoms with Crippen LogP contribution in [0.5, 0.6) is 11.5 Å². The summed E-state index contributed by atoms with van der Waals surface area (Å²) in [5, 5.41) is 12.7. The lowest BCUT2D eigenvalue weighted by atomic mass is 10.1. The van der Waals surface area contributed by atoms with Crippen LogP contribution in [0.15, 0.2) is 35.9 Å². The van der Waals surface area contributed by atoms with Gasteiger partial charge < -0.3 is 14.8 Å². The zero-order valence-corrected chi connectivity index (χ0v) is 18.9. The number of nitriles is 1. The third-order valence-electron chi connectivity index (χ3n) is 3.49. The Kier molecular flexibility index (Phi) is 8.66. The molecule has 2 aromatic rings. The van der Waals surface area contributed by atoms with Gasteiger partial charge in [-0.25, -0.2) is 0 Å². The molecule has 0 radical (unpaired) electrons. The molecule has 0 aromatic heterocycles. The highest BCUT2D eigenvalue weighted by molar-refractivity contribution is 14.1. The minimum absolute atomic E-state index is 0.0911. The van der Waals surface area contributed by atoms with Crippen LogP contribution in [0.1, 0.15) is 12.5 Å². The van der Waals surface area contributed by atoms with E-state index in [9.17, 15) is 10.1 Å². The van der Waals surface area contributed by atoms with Crippen LogP contribution in [0, 0.1) is 27.2 Å². The summed E-state index contributed by atoms with van der Waals surface area (Å²) in [4.78, 5) is 12.5. The summed E-state index contributed by atoms with van der Waals surface area (Å²) in [5.74, 6) is 2.82. The van der Waals surface area contributed by atoms with E-state index in [4.69, 9.17) is 39.1 Å². The maximum Gasteiger partial charge on any atom is 0.266 e. The Bertz CT molecular complexity index is 1040. The van der Waals surface area contributed by atoms with E-state index in [-0.39, 0.29) is 12.2 Å². The van der Waals surface area contributed by atoms with Gasteiger partial charge in [0.2, 0.25) is 0 Å². The lowest BCUT2D eigenvalue weighted by Crippen LogP contribution is -2.13. The van der Waals surface area contributed by atoms with E-state index in [1.165, 1.54) is 12.1 Å². The number of benzene rings is 2. The molecule has 0 bridgehead atoms. The summed E-state index contributed by atoms with van der Waals surface area (Å²) >= 11 is 13.9. The quantitative estimate of drug-likeness (QED) is 0.216. The summed E-state index contributed by atoms with van der Waals surface area (Å²) in [6, 6.07) is 10.0. The van der Waals surface area contributed by atoms with Crippen molar-refractivity contribution in [3.63, 3.8) is 0 Å². The monoisotopic (exact) mass is 540 g/mol. The van der Waals surface area contributed by atoms with Crippen molar-refractivity contribution in [1.29, 1.82) is 5.26 Å². The molecule has 2 rings (SSSR count). The average Bonchev–Trinajstić information content (AvgIpc) is 2.68. The Morgan fingerprint density at radius 1 is 1.28 bits per heavy atom. The van der Waals surface area contributed by atoms with Crippen LogP contribution in [0.2, 0.25) is 10.0 Å². The molecule has 0 aliphatic heterocycles. The molecule has 0 heterocycles. The fourth-order valence-electron chi connectivity index (χ4n) is 2.28. The van der Waals surface area contributed by atoms with Crippen molar-refractivity contribution in [2.45, 2.75) is 6.92 Å². The first kappa shape index (κ1) is 22.9. The average molecular weight is 541 g/mol. The van der Waals surface area contributed by atoms with Crippen molar-refractivity contribution in [2.24, 2.45) is 0 Å². The lowest BCUT2D eigenvalue weighted by Gasteiger charge is -2.13. The van der Waals surface area contributed by atoms with E-state index in [1.807, 2.05) is 13.0 Å². The van der Waals surface area contributed by atoms with Gasteiger partial charge >= 0.3 is 0 Å². The number of hydrogen-bond donors (Lipinski definition) is 1. The molecule has 0 unspecified atom stereocenters. The van der Waals surface area contributed by atoms with Crippen molar-refractivity contribution in [1.82, 2.24) is 0 Å². The Morgan fingerprint density at radius 3 is 2.66 bits per heavy atom. The molecule has 8 heteroatoms. The molecule has 0 saturated heterocycles. The minimum Gasteiger partial charge on any atom is -0.490 e. The standard InChI is InChI=1S/C21H15Cl2IN2O3/c1-3-7-29-20-18(24)9-13(10-19(20)28-4-2)8-14(12-25)21(27)26-15-5-6-16(22)17(23)11-15/h1,5-6,8-11H,4,7H2,2H3,(H,26,27)/b14-8+. The summed E-state index contributed by atoms with van der Waals surface area (Å²) in [7, 11) is 0. The summed E-state index contributed by atoms with van der Waals surface area (Å²) in [6.07, 6.45) is 6.72. The zero-order valence-electron chi connectivity index (χ0n) is 15.3. The smallest absolute Gasteiger partial charge is 0.266 e. The van der Waals surface area contributed by atoms with Gasteiger partial charge in [-0.3, -0.25) is 4.79 Å². The second-order valence-electron chi connectivity index (χ2n) is 5.51. The van der Waals surface area contributed by atoms with E-state index in [0.29, 0.717) is 39.4 Å². The van der Waals surface area contributed by atoms with E-state index in [1.54, 1.807) is 24.3 Å². The lowest BCUT2D eigenvalue weighted by molar-refractivity contribution is -0.112. The molecule has 0 saturated carbocycles. The molecular weight excluding hydrogens is 526 g/mol. The fraction of sp³-hybridized carbons (Fsp3) is 0.143. The summed E-state index contributed by atoms with van der Waals surface area (Å²) < 4.78 is 11.9. The first-order valence-corrected chi connectivity index (χ1v) is 10.1. The predicted molar refractivity (Wildman–Crippen MR) is 123 cm³/mol. The largest absolute Gasteiger partial charge is 0.490 e. The van der Waals surface area contributed by atoms with Crippen LogP contribution >= 0.6 is 45.8 Å². The van der Waals surface area contributed by atoms with Gasteiger partial charge in [-0.15, -0.1) is 6.42 Å². The van der Waals surface area contributed by atoms with Gasteiger partial charge in [-0.05, 0) is 71.5 Å². The number of anilines is 1. The predicted octanol–water partition coefficient (Wildman–Crippen LogP) is 5.55. The van der Waals surface area contributed by atoms with Gasteiger partial charge in [0, 0.05) is 5.69 Å². The topological polar surface area (TPSA) is 71.3 Å². The Labute approximate surface area is 192 Å². The van der Waals surface area contributed by atoms with E-state index >= 15 is 0 Å². The van der Waals surface area contributed by atoms with Crippen LogP contribution in [0.4, 0.5) is 5.69 Å². The molecule has 1 amide bonds. The number of nitrogens with one attached hydrogen (secondary N) is 1. The number of carbonyl (C=O) groups excluding carboxylic acids is 1. The molecule has 0 fully saturated rings. The van der Waals surface area contributed by atoms with E-state index in [0.717, 1.165) is 3.57 Å². The number of rotatable bonds is 7. The Morgan fingerprint density at radius 2 is 2.03 bits per heavy atom. The SMILES string of the molecule is C#CCOc1c(I)cc(/C=C(\C#N)C(=O)Nc2ccc(Cl)c(Cl)c2)cc1OCC. The van der Waals surface area contributed by atoms with Crippen molar-refractivity contribution >= 4 is 63.5 Å². The van der Waals surface area contributed by atoms with Crippen LogP contribution in [0.3, 0.4) is 0 Å². The first-order chi connectivity index (χ1) is 13.9. The maximum atomic E-state index is 12.5. The second-order valence-corrected chi connectivity index (χ2v) is 7.49. The first-order valence-electron chi connectivity index (χ1n) is 8.30. The molecule has 2 aromatic carbocycles. The number of nitrogens with zero attached hydrogens (tertiary/aromatic N) is 1. The molecule has 0 atom stereocenters. The number of halogens is 3. The summed E-state index contributed by atoms with van der Waals surface area (Å²) in [6.45, 7) is 2.35. The summed E-state index contributed by atoms with van der Waals surface area (Å²) in [5.41, 5.74) is 0.937. The Balaban J connectivity index is 2.33. The van der Waals surface area contributed by atoms with Gasteiger partial charge in [0.15, 0.2) is 11.5 Å². The van der Waals surface area contributed by atoms with Crippen LogP contribution in [0.25, 0.3) is 6.08 Å². The fourth-order valence-corrected chi connectivity index (χ4v) is 3.35. The van der Waals surface area contributed by atoms with Crippen LogP contribution in [-0.2, 0) is 4.79 Å². The highest BCUT2D eigenvalue weighted by Gasteiger charge is 2.14. The third kappa shape index (κ3) is 6.30. The van der Waals surface area contributed by atoms with E-state index in [2.05, 4.69) is 33.8 Å². The van der Waals surface area contributed by atoms with Crippen LogP contribution < -0.4 is 14.8 Å². The molecule has 0 spiro atoms. The van der Waals surface area contributed by atoms with Crippen LogP contribution in [-0.4, -0.2) is 19.1 Å². The zero-order chi connectivity index (χ0) is 21.4. The molecule has 5 nitrogen and oxygen atoms in total. The second kappa shape index (κ2) is 11.0. The Hall–Kier alpha value is -2.39. The number of ether oxygens (including phenoxy) is 2. The molecule has 148 valence electrons. The van der Waals surface area contributed by atoms with Gasteiger partial charge in [-0.2, -0.15) is 5.26 Å². The number of carbonyl (C=O) groups is 1. The van der Waals surface area contributed by atoms with Gasteiger partial charge in [0.05, 0.1) is 20.2 Å². The minimum atomic E-state index is -0.577. The van der Waals surface area contributed by atoms with E-state index < -0.39 is 5.91 Å². The van der Waals surface area contributed by atoms with Crippen molar-refractivity contribution < 1.29 is 14.3 Å². The van der Waals surface area contributed by atoms with Crippen molar-refractivity contribution in [2.75, 3.05) is 18.5 Å². The molecule has 0 aliphatic rings. The van der Waals surface area contributed by atoms with Crippen molar-refractivity contribution in [3.05, 3.63) is 55.1 Å². The molecule has 29 heavy (non-hydrogen) atoms. The number of hydrogen-bond acceptors (Lipinski definition) is 4. The molecular formula is C21H15Cl2IN2O3. The molecule has 1 N–H and O–H groups in total. The van der Waals surface area contributed by atoms with Gasteiger partial charge in [-0.1, -0.05) is 29.1 Å². The third-order valence-corrected chi connectivity index (χ3v) is 5.03.